The van der Waals surface area contributed by atoms with Crippen LogP contribution in [-0.4, -0.2) is 28.7 Å². The van der Waals surface area contributed by atoms with Gasteiger partial charge in [0.05, 0.1) is 11.7 Å². The predicted octanol–water partition coefficient (Wildman–Crippen LogP) is 1.39. The van der Waals surface area contributed by atoms with E-state index < -0.39 is 0 Å². The number of hydrogen-bond acceptors (Lipinski definition) is 4. The van der Waals surface area contributed by atoms with E-state index in [1.807, 2.05) is 29.0 Å². The summed E-state index contributed by atoms with van der Waals surface area (Å²) in [5.41, 5.74) is 2.32. The molecule has 0 saturated heterocycles. The molecule has 3 rings (SSSR count). The van der Waals surface area contributed by atoms with E-state index in [2.05, 4.69) is 26.8 Å². The topological polar surface area (TPSA) is 53.7 Å². The van der Waals surface area contributed by atoms with Crippen molar-refractivity contribution in [3.8, 4) is 0 Å². The van der Waals surface area contributed by atoms with E-state index in [0.717, 1.165) is 37.5 Å². The Morgan fingerprint density at radius 2 is 2.33 bits per heavy atom. The molecule has 1 aliphatic rings. The SMILES string of the molecule is I.c1ccn2ncc(CNC3=NCCCN3)c2c1. The van der Waals surface area contributed by atoms with Crippen molar-refractivity contribution in [3.63, 3.8) is 0 Å². The van der Waals surface area contributed by atoms with Gasteiger partial charge in [0.15, 0.2) is 5.96 Å². The highest BCUT2D eigenvalue weighted by Crippen LogP contribution is 2.09. The number of rotatable bonds is 2. The van der Waals surface area contributed by atoms with Gasteiger partial charge >= 0.3 is 0 Å². The van der Waals surface area contributed by atoms with Crippen molar-refractivity contribution in [2.75, 3.05) is 13.1 Å². The Kier molecular flexibility index (Phi) is 4.40. The van der Waals surface area contributed by atoms with E-state index in [0.29, 0.717) is 0 Å². The number of aliphatic imine (C=N–C) groups is 1. The summed E-state index contributed by atoms with van der Waals surface area (Å²) in [5.74, 6) is 0.895. The molecule has 2 aromatic rings. The zero-order valence-corrected chi connectivity index (χ0v) is 12.3. The largest absolute Gasteiger partial charge is 0.356 e. The van der Waals surface area contributed by atoms with Gasteiger partial charge in [0, 0.05) is 31.4 Å². The molecule has 0 amide bonds. The van der Waals surface area contributed by atoms with Crippen LogP contribution in [0.5, 0.6) is 0 Å². The maximum absolute atomic E-state index is 4.38. The van der Waals surface area contributed by atoms with E-state index in [9.17, 15) is 0 Å². The van der Waals surface area contributed by atoms with Crippen LogP contribution in [0, 0.1) is 0 Å². The third kappa shape index (κ3) is 2.74. The summed E-state index contributed by atoms with van der Waals surface area (Å²) in [7, 11) is 0. The Morgan fingerprint density at radius 3 is 3.17 bits per heavy atom. The van der Waals surface area contributed by atoms with Gasteiger partial charge in [-0.15, -0.1) is 24.0 Å². The molecule has 0 bridgehead atoms. The third-order valence-electron chi connectivity index (χ3n) is 2.85. The average Bonchev–Trinajstić information content (AvgIpc) is 2.81. The standard InChI is InChI=1S/C12H15N5.HI/c1-2-7-17-11(4-1)10(9-16-17)8-15-12-13-5-3-6-14-12;/h1-2,4,7,9H,3,5-6,8H2,(H2,13,14,15);1H. The summed E-state index contributed by atoms with van der Waals surface area (Å²) < 4.78 is 1.88. The highest BCUT2D eigenvalue weighted by molar-refractivity contribution is 14.0. The van der Waals surface area contributed by atoms with Crippen LogP contribution < -0.4 is 10.6 Å². The van der Waals surface area contributed by atoms with Gasteiger partial charge in [-0.2, -0.15) is 5.10 Å². The molecule has 0 radical (unpaired) electrons. The lowest BCUT2D eigenvalue weighted by Gasteiger charge is -2.15. The van der Waals surface area contributed by atoms with E-state index >= 15 is 0 Å². The number of nitrogens with zero attached hydrogens (tertiary/aromatic N) is 3. The van der Waals surface area contributed by atoms with Crippen LogP contribution in [0.4, 0.5) is 0 Å². The van der Waals surface area contributed by atoms with E-state index in [-0.39, 0.29) is 24.0 Å². The maximum Gasteiger partial charge on any atom is 0.191 e. The molecule has 2 N–H and O–H groups in total. The molecular formula is C12H16IN5. The van der Waals surface area contributed by atoms with Gasteiger partial charge in [-0.05, 0) is 18.6 Å². The Labute approximate surface area is 123 Å². The van der Waals surface area contributed by atoms with Crippen LogP contribution in [-0.2, 0) is 6.54 Å². The van der Waals surface area contributed by atoms with Gasteiger partial charge in [-0.25, -0.2) is 4.52 Å². The Balaban J connectivity index is 0.00000120. The van der Waals surface area contributed by atoms with Crippen molar-refractivity contribution in [2.45, 2.75) is 13.0 Å². The summed E-state index contributed by atoms with van der Waals surface area (Å²) in [5, 5.41) is 10.8. The zero-order chi connectivity index (χ0) is 11.5. The van der Waals surface area contributed by atoms with Crippen molar-refractivity contribution in [1.29, 1.82) is 0 Å². The lowest BCUT2D eigenvalue weighted by atomic mass is 10.2. The molecule has 5 nitrogen and oxygen atoms in total. The van der Waals surface area contributed by atoms with Crippen molar-refractivity contribution >= 4 is 35.5 Å². The Bertz CT molecular complexity index is 548. The Morgan fingerprint density at radius 1 is 1.39 bits per heavy atom. The highest BCUT2D eigenvalue weighted by Gasteiger charge is 2.06. The fourth-order valence-electron chi connectivity index (χ4n) is 1.95. The lowest BCUT2D eigenvalue weighted by Crippen LogP contribution is -2.40. The smallest absolute Gasteiger partial charge is 0.191 e. The van der Waals surface area contributed by atoms with Gasteiger partial charge in [-0.1, -0.05) is 6.07 Å². The quantitative estimate of drug-likeness (QED) is 0.799. The van der Waals surface area contributed by atoms with Crippen molar-refractivity contribution in [2.24, 2.45) is 4.99 Å². The molecule has 0 unspecified atom stereocenters. The van der Waals surface area contributed by atoms with E-state index in [1.54, 1.807) is 0 Å². The van der Waals surface area contributed by atoms with Crippen LogP contribution >= 0.6 is 24.0 Å². The predicted molar refractivity (Wildman–Crippen MR) is 82.4 cm³/mol. The molecule has 0 atom stereocenters. The number of aromatic nitrogens is 2. The van der Waals surface area contributed by atoms with Crippen LogP contribution in [0.15, 0.2) is 35.6 Å². The number of guanidine groups is 1. The second-order valence-electron chi connectivity index (χ2n) is 4.06. The molecular weight excluding hydrogens is 341 g/mol. The summed E-state index contributed by atoms with van der Waals surface area (Å²) in [6.07, 6.45) is 4.96. The second kappa shape index (κ2) is 6.03. The van der Waals surface area contributed by atoms with E-state index in [1.165, 1.54) is 5.56 Å². The van der Waals surface area contributed by atoms with Gasteiger partial charge in [-0.3, -0.25) is 4.99 Å². The fourth-order valence-corrected chi connectivity index (χ4v) is 1.95. The summed E-state index contributed by atoms with van der Waals surface area (Å²) >= 11 is 0. The molecule has 2 aromatic heterocycles. The van der Waals surface area contributed by atoms with Gasteiger partial charge in [0.1, 0.15) is 0 Å². The molecule has 18 heavy (non-hydrogen) atoms. The third-order valence-corrected chi connectivity index (χ3v) is 2.85. The van der Waals surface area contributed by atoms with Crippen LogP contribution in [0.3, 0.4) is 0 Å². The zero-order valence-electron chi connectivity index (χ0n) is 9.97. The maximum atomic E-state index is 4.38. The first-order chi connectivity index (χ1) is 8.43. The molecule has 1 aliphatic heterocycles. The van der Waals surface area contributed by atoms with Crippen LogP contribution in [0.2, 0.25) is 0 Å². The molecule has 0 fully saturated rings. The molecule has 0 aliphatic carbocycles. The summed E-state index contributed by atoms with van der Waals surface area (Å²) in [6, 6.07) is 6.07. The van der Waals surface area contributed by atoms with Crippen molar-refractivity contribution in [3.05, 3.63) is 36.2 Å². The van der Waals surface area contributed by atoms with Crippen LogP contribution in [0.25, 0.3) is 5.52 Å². The minimum absolute atomic E-state index is 0. The normalized spacial score (nSPS) is 14.6. The summed E-state index contributed by atoms with van der Waals surface area (Å²) in [6.45, 7) is 2.66. The molecule has 6 heteroatoms. The highest BCUT2D eigenvalue weighted by atomic mass is 127. The monoisotopic (exact) mass is 357 g/mol. The minimum atomic E-state index is 0. The number of halogens is 1. The summed E-state index contributed by atoms with van der Waals surface area (Å²) in [4.78, 5) is 4.38. The van der Waals surface area contributed by atoms with Gasteiger partial charge in [0.2, 0.25) is 0 Å². The number of pyridine rings is 1. The first kappa shape index (κ1) is 13.1. The van der Waals surface area contributed by atoms with Gasteiger partial charge in [0.25, 0.3) is 0 Å². The van der Waals surface area contributed by atoms with E-state index in [4.69, 9.17) is 0 Å². The number of nitrogens with one attached hydrogen (secondary N) is 2. The fraction of sp³-hybridized carbons (Fsp3) is 0.333. The molecule has 0 spiro atoms. The Hall–Kier alpha value is -1.31. The van der Waals surface area contributed by atoms with Crippen LogP contribution in [0.1, 0.15) is 12.0 Å². The first-order valence-electron chi connectivity index (χ1n) is 5.87. The molecule has 96 valence electrons. The lowest BCUT2D eigenvalue weighted by molar-refractivity contribution is 0.702. The van der Waals surface area contributed by atoms with Crippen molar-refractivity contribution in [1.82, 2.24) is 20.2 Å². The van der Waals surface area contributed by atoms with Crippen molar-refractivity contribution < 1.29 is 0 Å². The van der Waals surface area contributed by atoms with Gasteiger partial charge < -0.3 is 10.6 Å². The number of fused-ring (bicyclic) bond motifs is 1. The molecule has 0 aromatic carbocycles. The number of hydrogen-bond donors (Lipinski definition) is 2. The second-order valence-corrected chi connectivity index (χ2v) is 4.06. The first-order valence-corrected chi connectivity index (χ1v) is 5.87. The molecule has 3 heterocycles. The minimum Gasteiger partial charge on any atom is -0.356 e. The average molecular weight is 357 g/mol. The molecule has 0 saturated carbocycles.